The van der Waals surface area contributed by atoms with Gasteiger partial charge in [0.1, 0.15) is 0 Å². The van der Waals surface area contributed by atoms with E-state index in [1.54, 1.807) is 12.1 Å². The van der Waals surface area contributed by atoms with Gasteiger partial charge in [0.05, 0.1) is 15.8 Å². The zero-order valence-corrected chi connectivity index (χ0v) is 16.3. The van der Waals surface area contributed by atoms with Crippen LogP contribution in [0.1, 0.15) is 5.56 Å². The summed E-state index contributed by atoms with van der Waals surface area (Å²) in [5.74, 6) is 0.316. The van der Waals surface area contributed by atoms with Gasteiger partial charge in [0.25, 0.3) is 0 Å². The molecule has 3 rings (SSSR count). The number of halogens is 3. The minimum absolute atomic E-state index is 0.0320. The number of thioether (sulfide) groups is 1. The third-order valence-electron chi connectivity index (χ3n) is 3.44. The molecule has 0 radical (unpaired) electrons. The van der Waals surface area contributed by atoms with Gasteiger partial charge in [0, 0.05) is 33.0 Å². The van der Waals surface area contributed by atoms with Gasteiger partial charge in [-0.1, -0.05) is 45.2 Å². The smallest absolute Gasteiger partial charge is 0.230 e. The average Bonchev–Trinajstić information content (AvgIpc) is 2.96. The fourth-order valence-corrected chi connectivity index (χ4v) is 3.77. The zero-order valence-electron chi connectivity index (χ0n) is 12.4. The van der Waals surface area contributed by atoms with Gasteiger partial charge < -0.3 is 10.3 Å². The number of amides is 1. The zero-order chi connectivity index (χ0) is 17.1. The molecule has 1 heterocycles. The summed E-state index contributed by atoms with van der Waals surface area (Å²) >= 11 is 16.8. The van der Waals surface area contributed by atoms with E-state index in [1.807, 2.05) is 30.5 Å². The number of benzene rings is 2. The molecule has 24 heavy (non-hydrogen) atoms. The summed E-state index contributed by atoms with van der Waals surface area (Å²) in [6.45, 7) is 0.426. The van der Waals surface area contributed by atoms with Crippen molar-refractivity contribution in [1.82, 2.24) is 10.3 Å². The van der Waals surface area contributed by atoms with Crippen LogP contribution in [0, 0.1) is 0 Å². The van der Waals surface area contributed by atoms with Gasteiger partial charge >= 0.3 is 0 Å². The summed E-state index contributed by atoms with van der Waals surface area (Å²) in [5.41, 5.74) is 1.97. The van der Waals surface area contributed by atoms with Gasteiger partial charge in [-0.05, 0) is 35.9 Å². The molecular weight excluding hydrogens is 431 g/mol. The quantitative estimate of drug-likeness (QED) is 0.500. The van der Waals surface area contributed by atoms with Gasteiger partial charge in [0.15, 0.2) is 0 Å². The molecule has 0 saturated carbocycles. The molecule has 0 saturated heterocycles. The van der Waals surface area contributed by atoms with Gasteiger partial charge in [-0.2, -0.15) is 0 Å². The molecule has 3 aromatic rings. The number of rotatable bonds is 5. The summed E-state index contributed by atoms with van der Waals surface area (Å²) in [6.07, 6.45) is 1.92. The van der Waals surface area contributed by atoms with Crippen LogP contribution < -0.4 is 5.32 Å². The summed E-state index contributed by atoms with van der Waals surface area (Å²) < 4.78 is 1.01. The van der Waals surface area contributed by atoms with Crippen LogP contribution in [0.25, 0.3) is 10.9 Å². The molecule has 124 valence electrons. The van der Waals surface area contributed by atoms with Crippen LogP contribution >= 0.6 is 50.9 Å². The third kappa shape index (κ3) is 4.28. The molecular formula is C17H13BrCl2N2OS. The number of fused-ring (bicyclic) bond motifs is 1. The highest BCUT2D eigenvalue weighted by molar-refractivity contribution is 9.10. The molecule has 0 bridgehead atoms. The first-order valence-electron chi connectivity index (χ1n) is 7.13. The lowest BCUT2D eigenvalue weighted by Crippen LogP contribution is -2.24. The number of carbonyl (C=O) groups is 1. The van der Waals surface area contributed by atoms with E-state index < -0.39 is 0 Å². The number of aromatic amines is 1. The van der Waals surface area contributed by atoms with E-state index in [0.717, 1.165) is 25.8 Å². The molecule has 0 fully saturated rings. The fourth-order valence-electron chi connectivity index (χ4n) is 2.23. The van der Waals surface area contributed by atoms with E-state index in [-0.39, 0.29) is 5.91 Å². The minimum Gasteiger partial charge on any atom is -0.360 e. The second-order valence-corrected chi connectivity index (χ2v) is 7.90. The predicted molar refractivity (Wildman–Crippen MR) is 105 cm³/mol. The van der Waals surface area contributed by atoms with Crippen LogP contribution in [0.3, 0.4) is 0 Å². The average molecular weight is 444 g/mol. The highest BCUT2D eigenvalue weighted by atomic mass is 79.9. The van der Waals surface area contributed by atoms with Crippen molar-refractivity contribution in [3.05, 3.63) is 62.7 Å². The van der Waals surface area contributed by atoms with E-state index >= 15 is 0 Å². The maximum atomic E-state index is 12.1. The molecule has 2 N–H and O–H groups in total. The Morgan fingerprint density at radius 2 is 2.00 bits per heavy atom. The molecule has 3 nitrogen and oxygen atoms in total. The molecule has 0 atom stereocenters. The maximum absolute atomic E-state index is 12.1. The Hall–Kier alpha value is -1.14. The molecule has 2 aromatic carbocycles. The summed E-state index contributed by atoms with van der Waals surface area (Å²) in [6, 6.07) is 11.4. The van der Waals surface area contributed by atoms with Crippen molar-refractivity contribution in [3.8, 4) is 0 Å². The lowest BCUT2D eigenvalue weighted by molar-refractivity contribution is -0.118. The summed E-state index contributed by atoms with van der Waals surface area (Å²) in [5, 5.41) is 4.99. The Kier molecular flexibility index (Phi) is 5.76. The fraction of sp³-hybridized carbons (Fsp3) is 0.118. The maximum Gasteiger partial charge on any atom is 0.230 e. The third-order valence-corrected chi connectivity index (χ3v) is 5.73. The van der Waals surface area contributed by atoms with Crippen LogP contribution in [0.2, 0.25) is 10.0 Å². The lowest BCUT2D eigenvalue weighted by atomic mass is 10.2. The van der Waals surface area contributed by atoms with Gasteiger partial charge in [-0.25, -0.2) is 0 Å². The molecule has 1 aromatic heterocycles. The normalized spacial score (nSPS) is 11.0. The minimum atomic E-state index is -0.0320. The number of hydrogen-bond acceptors (Lipinski definition) is 2. The van der Waals surface area contributed by atoms with E-state index in [2.05, 4.69) is 26.2 Å². The van der Waals surface area contributed by atoms with Crippen molar-refractivity contribution in [2.45, 2.75) is 11.4 Å². The van der Waals surface area contributed by atoms with Crippen molar-refractivity contribution < 1.29 is 4.79 Å². The number of aromatic nitrogens is 1. The second kappa shape index (κ2) is 7.83. The highest BCUT2D eigenvalue weighted by Crippen LogP contribution is 2.30. The molecule has 1 amide bonds. The van der Waals surface area contributed by atoms with E-state index in [4.69, 9.17) is 23.2 Å². The first-order chi connectivity index (χ1) is 11.5. The molecule has 7 heteroatoms. The Morgan fingerprint density at radius 1 is 1.17 bits per heavy atom. The van der Waals surface area contributed by atoms with Crippen molar-refractivity contribution in [3.63, 3.8) is 0 Å². The number of carbonyl (C=O) groups excluding carboxylic acids is 1. The van der Waals surface area contributed by atoms with E-state index in [1.165, 1.54) is 11.8 Å². The molecule has 0 aliphatic carbocycles. The summed E-state index contributed by atoms with van der Waals surface area (Å²) in [4.78, 5) is 16.3. The number of hydrogen-bond donors (Lipinski definition) is 2. The van der Waals surface area contributed by atoms with Crippen molar-refractivity contribution in [1.29, 1.82) is 0 Å². The monoisotopic (exact) mass is 442 g/mol. The first-order valence-corrected chi connectivity index (χ1v) is 9.66. The number of nitrogens with one attached hydrogen (secondary N) is 2. The van der Waals surface area contributed by atoms with Crippen LogP contribution in [0.5, 0.6) is 0 Å². The topological polar surface area (TPSA) is 44.9 Å². The van der Waals surface area contributed by atoms with Crippen LogP contribution in [0.4, 0.5) is 0 Å². The molecule has 0 spiro atoms. The van der Waals surface area contributed by atoms with Crippen molar-refractivity contribution >= 4 is 67.7 Å². The Balaban J connectivity index is 1.57. The van der Waals surface area contributed by atoms with Crippen LogP contribution in [-0.4, -0.2) is 16.6 Å². The van der Waals surface area contributed by atoms with Crippen LogP contribution in [0.15, 0.2) is 52.0 Å². The largest absolute Gasteiger partial charge is 0.360 e. The summed E-state index contributed by atoms with van der Waals surface area (Å²) in [7, 11) is 0. The van der Waals surface area contributed by atoms with Crippen molar-refractivity contribution in [2.75, 3.05) is 5.75 Å². The Labute approximate surface area is 162 Å². The highest BCUT2D eigenvalue weighted by Gasteiger charge is 2.08. The molecule has 0 aliphatic rings. The SMILES string of the molecule is O=C(CSc1c[nH]c2ccc(Br)cc12)NCc1ccc(Cl)c(Cl)c1. The van der Waals surface area contributed by atoms with Crippen molar-refractivity contribution in [2.24, 2.45) is 0 Å². The van der Waals surface area contributed by atoms with Gasteiger partial charge in [-0.15, -0.1) is 11.8 Å². The second-order valence-electron chi connectivity index (χ2n) is 5.16. The van der Waals surface area contributed by atoms with E-state index in [0.29, 0.717) is 22.3 Å². The Morgan fingerprint density at radius 3 is 2.79 bits per heavy atom. The van der Waals surface area contributed by atoms with E-state index in [9.17, 15) is 4.79 Å². The molecule has 0 unspecified atom stereocenters. The standard InChI is InChI=1S/C17H13BrCl2N2OS/c18-11-2-4-15-12(6-11)16(8-21-15)24-9-17(23)22-7-10-1-3-13(19)14(20)5-10/h1-6,8,21H,7,9H2,(H,22,23). The van der Waals surface area contributed by atoms with Crippen LogP contribution in [-0.2, 0) is 11.3 Å². The predicted octanol–water partition coefficient (Wildman–Crippen LogP) is 5.65. The number of H-pyrrole nitrogens is 1. The molecule has 0 aliphatic heterocycles. The Bertz CT molecular complexity index is 897. The van der Waals surface area contributed by atoms with Gasteiger partial charge in [0.2, 0.25) is 5.91 Å². The van der Waals surface area contributed by atoms with Gasteiger partial charge in [-0.3, -0.25) is 4.79 Å². The first kappa shape index (κ1) is 17.7. The lowest BCUT2D eigenvalue weighted by Gasteiger charge is -2.06.